The standard InChI is InChI=1S/C9H18O2/c1-3-8-11-9(2)6-4-5-7-10/h4,6,9-10H,3,5,7-8H2,1-2H3/b6-4+. The number of hydrogen-bond acceptors (Lipinski definition) is 2. The molecule has 0 aromatic heterocycles. The average Bonchev–Trinajstić information content (AvgIpc) is 2.01. The van der Waals surface area contributed by atoms with Crippen LogP contribution in [0.3, 0.4) is 0 Å². The van der Waals surface area contributed by atoms with Gasteiger partial charge in [0.15, 0.2) is 0 Å². The van der Waals surface area contributed by atoms with Crippen LogP contribution < -0.4 is 0 Å². The largest absolute Gasteiger partial charge is 0.396 e. The van der Waals surface area contributed by atoms with Gasteiger partial charge in [0.05, 0.1) is 6.10 Å². The van der Waals surface area contributed by atoms with E-state index in [1.807, 2.05) is 19.1 Å². The van der Waals surface area contributed by atoms with Crippen LogP contribution in [0.1, 0.15) is 26.7 Å². The lowest BCUT2D eigenvalue weighted by atomic mass is 10.3. The summed E-state index contributed by atoms with van der Waals surface area (Å²) in [6, 6.07) is 0. The summed E-state index contributed by atoms with van der Waals surface area (Å²) in [4.78, 5) is 0. The van der Waals surface area contributed by atoms with E-state index in [9.17, 15) is 0 Å². The lowest BCUT2D eigenvalue weighted by Crippen LogP contribution is -2.04. The number of ether oxygens (including phenoxy) is 1. The lowest BCUT2D eigenvalue weighted by molar-refractivity contribution is 0.0978. The topological polar surface area (TPSA) is 29.5 Å². The zero-order valence-electron chi connectivity index (χ0n) is 7.42. The molecular formula is C9H18O2. The molecule has 0 aliphatic heterocycles. The molecule has 2 nitrogen and oxygen atoms in total. The van der Waals surface area contributed by atoms with Crippen LogP contribution in [0.25, 0.3) is 0 Å². The first kappa shape index (κ1) is 10.7. The van der Waals surface area contributed by atoms with Crippen LogP contribution in [0.4, 0.5) is 0 Å². The van der Waals surface area contributed by atoms with Gasteiger partial charge in [-0.15, -0.1) is 0 Å². The third-order valence-electron chi connectivity index (χ3n) is 1.29. The molecular weight excluding hydrogens is 140 g/mol. The van der Waals surface area contributed by atoms with E-state index in [1.54, 1.807) is 0 Å². The molecule has 1 unspecified atom stereocenters. The highest BCUT2D eigenvalue weighted by molar-refractivity contribution is 4.86. The van der Waals surface area contributed by atoms with Crippen LogP contribution in [0.15, 0.2) is 12.2 Å². The second-order valence-corrected chi connectivity index (χ2v) is 2.52. The zero-order chi connectivity index (χ0) is 8.53. The Morgan fingerprint density at radius 2 is 2.27 bits per heavy atom. The highest BCUT2D eigenvalue weighted by Gasteiger charge is 1.92. The highest BCUT2D eigenvalue weighted by Crippen LogP contribution is 1.95. The van der Waals surface area contributed by atoms with Gasteiger partial charge in [0.25, 0.3) is 0 Å². The van der Waals surface area contributed by atoms with Crippen molar-refractivity contribution in [1.82, 2.24) is 0 Å². The molecule has 0 aliphatic carbocycles. The Kier molecular flexibility index (Phi) is 7.52. The molecule has 0 aliphatic rings. The average molecular weight is 158 g/mol. The molecule has 0 radical (unpaired) electrons. The summed E-state index contributed by atoms with van der Waals surface area (Å²) in [6.07, 6.45) is 5.88. The quantitative estimate of drug-likeness (QED) is 0.597. The van der Waals surface area contributed by atoms with E-state index in [0.717, 1.165) is 19.4 Å². The van der Waals surface area contributed by atoms with Crippen LogP contribution in [-0.2, 0) is 4.74 Å². The van der Waals surface area contributed by atoms with Crippen LogP contribution >= 0.6 is 0 Å². The normalized spacial score (nSPS) is 14.1. The molecule has 2 heteroatoms. The van der Waals surface area contributed by atoms with Gasteiger partial charge in [0.1, 0.15) is 0 Å². The fourth-order valence-electron chi connectivity index (χ4n) is 0.722. The van der Waals surface area contributed by atoms with Gasteiger partial charge in [-0.25, -0.2) is 0 Å². The van der Waals surface area contributed by atoms with Crippen molar-refractivity contribution < 1.29 is 9.84 Å². The van der Waals surface area contributed by atoms with Crippen molar-refractivity contribution in [1.29, 1.82) is 0 Å². The first-order valence-corrected chi connectivity index (χ1v) is 4.20. The zero-order valence-corrected chi connectivity index (χ0v) is 7.42. The van der Waals surface area contributed by atoms with E-state index >= 15 is 0 Å². The fourth-order valence-corrected chi connectivity index (χ4v) is 0.722. The Balaban J connectivity index is 3.27. The summed E-state index contributed by atoms with van der Waals surface area (Å²) in [6.45, 7) is 5.12. The molecule has 66 valence electrons. The fraction of sp³-hybridized carbons (Fsp3) is 0.778. The van der Waals surface area contributed by atoms with Gasteiger partial charge in [-0.1, -0.05) is 19.1 Å². The number of aliphatic hydroxyl groups excluding tert-OH is 1. The second-order valence-electron chi connectivity index (χ2n) is 2.52. The Morgan fingerprint density at radius 1 is 1.55 bits per heavy atom. The first-order chi connectivity index (χ1) is 5.31. The van der Waals surface area contributed by atoms with E-state index in [4.69, 9.17) is 9.84 Å². The van der Waals surface area contributed by atoms with Crippen molar-refractivity contribution in [3.63, 3.8) is 0 Å². The van der Waals surface area contributed by atoms with Gasteiger partial charge in [0.2, 0.25) is 0 Å². The summed E-state index contributed by atoms with van der Waals surface area (Å²) >= 11 is 0. The van der Waals surface area contributed by atoms with Crippen molar-refractivity contribution in [3.8, 4) is 0 Å². The van der Waals surface area contributed by atoms with Crippen LogP contribution in [0.5, 0.6) is 0 Å². The predicted octanol–water partition coefficient (Wildman–Crippen LogP) is 1.74. The molecule has 0 heterocycles. The summed E-state index contributed by atoms with van der Waals surface area (Å²) in [5.41, 5.74) is 0. The summed E-state index contributed by atoms with van der Waals surface area (Å²) in [5, 5.41) is 8.46. The van der Waals surface area contributed by atoms with Gasteiger partial charge in [-0.2, -0.15) is 0 Å². The molecule has 1 N–H and O–H groups in total. The smallest absolute Gasteiger partial charge is 0.0727 e. The minimum atomic E-state index is 0.182. The van der Waals surface area contributed by atoms with Crippen molar-refractivity contribution >= 4 is 0 Å². The minimum absolute atomic E-state index is 0.182. The second kappa shape index (κ2) is 7.76. The maximum absolute atomic E-state index is 8.46. The molecule has 0 fully saturated rings. The Labute approximate surface area is 68.9 Å². The van der Waals surface area contributed by atoms with Gasteiger partial charge in [0, 0.05) is 13.2 Å². The third kappa shape index (κ3) is 7.56. The van der Waals surface area contributed by atoms with E-state index < -0.39 is 0 Å². The van der Waals surface area contributed by atoms with Crippen LogP contribution in [0, 0.1) is 0 Å². The minimum Gasteiger partial charge on any atom is -0.396 e. The molecule has 0 saturated heterocycles. The summed E-state index contributed by atoms with van der Waals surface area (Å²) in [7, 11) is 0. The molecule has 0 rings (SSSR count). The molecule has 0 spiro atoms. The molecule has 0 aromatic carbocycles. The SMILES string of the molecule is CCCOC(C)/C=C/CCO. The van der Waals surface area contributed by atoms with Crippen molar-refractivity contribution in [3.05, 3.63) is 12.2 Å². The van der Waals surface area contributed by atoms with E-state index in [0.29, 0.717) is 0 Å². The van der Waals surface area contributed by atoms with E-state index in [2.05, 4.69) is 6.92 Å². The Hall–Kier alpha value is -0.340. The lowest BCUT2D eigenvalue weighted by Gasteiger charge is -2.06. The molecule has 0 bridgehead atoms. The Morgan fingerprint density at radius 3 is 2.82 bits per heavy atom. The van der Waals surface area contributed by atoms with Crippen molar-refractivity contribution in [2.45, 2.75) is 32.8 Å². The maximum Gasteiger partial charge on any atom is 0.0727 e. The van der Waals surface area contributed by atoms with Gasteiger partial charge in [-0.05, 0) is 19.8 Å². The van der Waals surface area contributed by atoms with Crippen molar-refractivity contribution in [2.24, 2.45) is 0 Å². The Bertz CT molecular complexity index is 99.7. The van der Waals surface area contributed by atoms with Crippen molar-refractivity contribution in [2.75, 3.05) is 13.2 Å². The third-order valence-corrected chi connectivity index (χ3v) is 1.29. The monoisotopic (exact) mass is 158 g/mol. The number of aliphatic hydroxyl groups is 1. The van der Waals surface area contributed by atoms with E-state index in [1.165, 1.54) is 0 Å². The first-order valence-electron chi connectivity index (χ1n) is 4.20. The summed E-state index contributed by atoms with van der Waals surface area (Å²) < 4.78 is 5.37. The highest BCUT2D eigenvalue weighted by atomic mass is 16.5. The number of hydrogen-bond donors (Lipinski definition) is 1. The molecule has 0 amide bonds. The molecule has 11 heavy (non-hydrogen) atoms. The summed E-state index contributed by atoms with van der Waals surface area (Å²) in [5.74, 6) is 0. The maximum atomic E-state index is 8.46. The van der Waals surface area contributed by atoms with Crippen LogP contribution in [-0.4, -0.2) is 24.4 Å². The van der Waals surface area contributed by atoms with Gasteiger partial charge >= 0.3 is 0 Å². The van der Waals surface area contributed by atoms with Gasteiger partial charge in [-0.3, -0.25) is 0 Å². The van der Waals surface area contributed by atoms with Gasteiger partial charge < -0.3 is 9.84 Å². The number of rotatable bonds is 6. The molecule has 0 saturated carbocycles. The molecule has 0 aromatic rings. The molecule has 1 atom stereocenters. The predicted molar refractivity (Wildman–Crippen MR) is 46.5 cm³/mol. The van der Waals surface area contributed by atoms with Crippen LogP contribution in [0.2, 0.25) is 0 Å². The van der Waals surface area contributed by atoms with E-state index in [-0.39, 0.29) is 12.7 Å².